The lowest BCUT2D eigenvalue weighted by molar-refractivity contribution is -0.116. The standard InChI is InChI=1S/C21H19FN2O2/c22-18-7-2-1-6-17(18)19-13-23-21(26-19)11-10-20(25)24-16-9-8-14-4-3-5-15(14)12-16/h1-2,6-9,12-13H,3-5,10-11H2,(H,24,25). The fourth-order valence-corrected chi connectivity index (χ4v) is 3.30. The molecule has 2 aromatic carbocycles. The van der Waals surface area contributed by atoms with Gasteiger partial charge < -0.3 is 9.73 Å². The molecule has 0 aliphatic heterocycles. The van der Waals surface area contributed by atoms with Gasteiger partial charge in [0.25, 0.3) is 0 Å². The van der Waals surface area contributed by atoms with Crippen LogP contribution in [0.4, 0.5) is 10.1 Å². The molecular formula is C21H19FN2O2. The predicted molar refractivity (Wildman–Crippen MR) is 97.3 cm³/mol. The maximum Gasteiger partial charge on any atom is 0.224 e. The number of carbonyl (C=O) groups excluding carboxylic acids is 1. The van der Waals surface area contributed by atoms with Crippen molar-refractivity contribution in [1.29, 1.82) is 0 Å². The molecule has 0 bridgehead atoms. The molecule has 0 saturated heterocycles. The van der Waals surface area contributed by atoms with Gasteiger partial charge in [0.2, 0.25) is 5.91 Å². The quantitative estimate of drug-likeness (QED) is 0.735. The van der Waals surface area contributed by atoms with E-state index in [1.165, 1.54) is 29.8 Å². The van der Waals surface area contributed by atoms with Crippen molar-refractivity contribution < 1.29 is 13.6 Å². The average molecular weight is 350 g/mol. The SMILES string of the molecule is O=C(CCc1ncc(-c2ccccc2F)o1)Nc1ccc2c(c1)CCC2. The molecule has 4 nitrogen and oxygen atoms in total. The van der Waals surface area contributed by atoms with Crippen molar-refractivity contribution in [1.82, 2.24) is 4.98 Å². The summed E-state index contributed by atoms with van der Waals surface area (Å²) < 4.78 is 19.4. The van der Waals surface area contributed by atoms with Crippen LogP contribution in [0.2, 0.25) is 0 Å². The number of benzene rings is 2. The van der Waals surface area contributed by atoms with E-state index in [4.69, 9.17) is 4.42 Å². The Morgan fingerprint density at radius 3 is 2.88 bits per heavy atom. The number of amides is 1. The van der Waals surface area contributed by atoms with E-state index >= 15 is 0 Å². The summed E-state index contributed by atoms with van der Waals surface area (Å²) in [5, 5.41) is 2.92. The van der Waals surface area contributed by atoms with Crippen molar-refractivity contribution in [2.24, 2.45) is 0 Å². The second-order valence-electron chi connectivity index (χ2n) is 6.48. The monoisotopic (exact) mass is 350 g/mol. The Bertz CT molecular complexity index is 949. The van der Waals surface area contributed by atoms with Gasteiger partial charge >= 0.3 is 0 Å². The summed E-state index contributed by atoms with van der Waals surface area (Å²) in [5.74, 6) is 0.350. The van der Waals surface area contributed by atoms with Crippen LogP contribution >= 0.6 is 0 Å². The fraction of sp³-hybridized carbons (Fsp3) is 0.238. The van der Waals surface area contributed by atoms with Crippen molar-refractivity contribution in [2.75, 3.05) is 5.32 Å². The third-order valence-electron chi connectivity index (χ3n) is 4.64. The van der Waals surface area contributed by atoms with Gasteiger partial charge in [-0.2, -0.15) is 0 Å². The number of rotatable bonds is 5. The number of aryl methyl sites for hydroxylation is 3. The van der Waals surface area contributed by atoms with E-state index in [-0.39, 0.29) is 18.1 Å². The number of hydrogen-bond donors (Lipinski definition) is 1. The highest BCUT2D eigenvalue weighted by molar-refractivity contribution is 5.90. The van der Waals surface area contributed by atoms with Crippen LogP contribution < -0.4 is 5.32 Å². The van der Waals surface area contributed by atoms with Crippen LogP contribution in [-0.4, -0.2) is 10.9 Å². The second-order valence-corrected chi connectivity index (χ2v) is 6.48. The first-order valence-corrected chi connectivity index (χ1v) is 8.80. The highest BCUT2D eigenvalue weighted by atomic mass is 19.1. The summed E-state index contributed by atoms with van der Waals surface area (Å²) in [6, 6.07) is 12.5. The summed E-state index contributed by atoms with van der Waals surface area (Å²) in [7, 11) is 0. The molecule has 1 aliphatic carbocycles. The minimum Gasteiger partial charge on any atom is -0.441 e. The first-order chi connectivity index (χ1) is 12.7. The lowest BCUT2D eigenvalue weighted by Crippen LogP contribution is -2.12. The Morgan fingerprint density at radius 2 is 2.00 bits per heavy atom. The van der Waals surface area contributed by atoms with Crippen molar-refractivity contribution in [3.05, 3.63) is 71.5 Å². The maximum absolute atomic E-state index is 13.8. The van der Waals surface area contributed by atoms with Gasteiger partial charge in [0, 0.05) is 18.5 Å². The van der Waals surface area contributed by atoms with E-state index in [1.54, 1.807) is 18.2 Å². The molecule has 1 aromatic heterocycles. The number of nitrogens with one attached hydrogen (secondary N) is 1. The van der Waals surface area contributed by atoms with Crippen LogP contribution in [0.25, 0.3) is 11.3 Å². The van der Waals surface area contributed by atoms with Crippen LogP contribution in [0.15, 0.2) is 53.1 Å². The lowest BCUT2D eigenvalue weighted by atomic mass is 10.1. The number of hydrogen-bond acceptors (Lipinski definition) is 3. The summed E-state index contributed by atoms with van der Waals surface area (Å²) >= 11 is 0. The molecule has 1 aliphatic rings. The van der Waals surface area contributed by atoms with Crippen molar-refractivity contribution >= 4 is 11.6 Å². The molecule has 0 unspecified atom stereocenters. The van der Waals surface area contributed by atoms with E-state index in [1.807, 2.05) is 6.07 Å². The maximum atomic E-state index is 13.8. The minimum atomic E-state index is -0.357. The molecule has 1 N–H and O–H groups in total. The van der Waals surface area contributed by atoms with Crippen LogP contribution in [0.3, 0.4) is 0 Å². The summed E-state index contributed by atoms with van der Waals surface area (Å²) in [5.41, 5.74) is 3.90. The van der Waals surface area contributed by atoms with Crippen molar-refractivity contribution in [3.8, 4) is 11.3 Å². The van der Waals surface area contributed by atoms with Gasteiger partial charge in [-0.15, -0.1) is 0 Å². The van der Waals surface area contributed by atoms with Gasteiger partial charge in [-0.3, -0.25) is 4.79 Å². The zero-order valence-electron chi connectivity index (χ0n) is 14.3. The van der Waals surface area contributed by atoms with Crippen molar-refractivity contribution in [3.63, 3.8) is 0 Å². The number of oxazole rings is 1. The summed E-state index contributed by atoms with van der Waals surface area (Å²) in [6.45, 7) is 0. The van der Waals surface area contributed by atoms with Crippen molar-refractivity contribution in [2.45, 2.75) is 32.1 Å². The Morgan fingerprint density at radius 1 is 1.15 bits per heavy atom. The molecule has 0 fully saturated rings. The van der Waals surface area contributed by atoms with E-state index in [0.717, 1.165) is 18.5 Å². The molecule has 3 aromatic rings. The fourth-order valence-electron chi connectivity index (χ4n) is 3.30. The largest absolute Gasteiger partial charge is 0.441 e. The van der Waals surface area contributed by atoms with Gasteiger partial charge in [0.05, 0.1) is 11.8 Å². The number of halogens is 1. The number of fused-ring (bicyclic) bond motifs is 1. The van der Waals surface area contributed by atoms with Crippen LogP contribution in [-0.2, 0) is 24.1 Å². The predicted octanol–water partition coefficient (Wildman–Crippen LogP) is 4.54. The minimum absolute atomic E-state index is 0.0893. The smallest absolute Gasteiger partial charge is 0.224 e. The molecule has 132 valence electrons. The van der Waals surface area contributed by atoms with E-state index in [2.05, 4.69) is 22.4 Å². The topological polar surface area (TPSA) is 55.1 Å². The van der Waals surface area contributed by atoms with Gasteiger partial charge in [0.1, 0.15) is 5.82 Å². The first-order valence-electron chi connectivity index (χ1n) is 8.80. The lowest BCUT2D eigenvalue weighted by Gasteiger charge is -2.07. The van der Waals surface area contributed by atoms with Gasteiger partial charge in [-0.25, -0.2) is 9.37 Å². The summed E-state index contributed by atoms with van der Waals surface area (Å²) in [4.78, 5) is 16.3. The first kappa shape index (κ1) is 16.5. The number of aromatic nitrogens is 1. The van der Waals surface area contributed by atoms with E-state index in [0.29, 0.717) is 23.6 Å². The zero-order chi connectivity index (χ0) is 17.9. The normalized spacial score (nSPS) is 12.8. The Labute approximate surface area is 151 Å². The average Bonchev–Trinajstić information content (AvgIpc) is 3.29. The number of anilines is 1. The molecule has 26 heavy (non-hydrogen) atoms. The Kier molecular flexibility index (Phi) is 4.52. The third-order valence-corrected chi connectivity index (χ3v) is 4.64. The molecule has 0 radical (unpaired) electrons. The molecule has 1 amide bonds. The number of carbonyl (C=O) groups is 1. The Balaban J connectivity index is 1.36. The summed E-state index contributed by atoms with van der Waals surface area (Å²) in [6.07, 6.45) is 5.50. The number of nitrogens with zero attached hydrogens (tertiary/aromatic N) is 1. The molecule has 5 heteroatoms. The molecule has 4 rings (SSSR count). The molecule has 0 saturated carbocycles. The van der Waals surface area contributed by atoms with Crippen LogP contribution in [0, 0.1) is 5.82 Å². The van der Waals surface area contributed by atoms with E-state index < -0.39 is 0 Å². The third kappa shape index (κ3) is 3.52. The molecule has 0 spiro atoms. The molecular weight excluding hydrogens is 331 g/mol. The van der Waals surface area contributed by atoms with Gasteiger partial charge in [-0.05, 0) is 54.7 Å². The zero-order valence-corrected chi connectivity index (χ0v) is 14.3. The van der Waals surface area contributed by atoms with Gasteiger partial charge in [-0.1, -0.05) is 18.2 Å². The Hall–Kier alpha value is -2.95. The van der Waals surface area contributed by atoms with Crippen LogP contribution in [0.1, 0.15) is 29.9 Å². The van der Waals surface area contributed by atoms with Gasteiger partial charge in [0.15, 0.2) is 11.7 Å². The van der Waals surface area contributed by atoms with E-state index in [9.17, 15) is 9.18 Å². The highest BCUT2D eigenvalue weighted by Gasteiger charge is 2.14. The molecule has 1 heterocycles. The van der Waals surface area contributed by atoms with Crippen LogP contribution in [0.5, 0.6) is 0 Å². The second kappa shape index (κ2) is 7.12. The highest BCUT2D eigenvalue weighted by Crippen LogP contribution is 2.25. The molecule has 0 atom stereocenters.